The maximum absolute atomic E-state index is 8.14. The van der Waals surface area contributed by atoms with Gasteiger partial charge < -0.3 is 13.9 Å². The first-order chi connectivity index (χ1) is 19.6. The number of aryl methyl sites for hydroxylation is 1. The van der Waals surface area contributed by atoms with E-state index >= 15 is 0 Å². The highest BCUT2D eigenvalue weighted by Gasteiger charge is 2.18. The van der Waals surface area contributed by atoms with E-state index in [4.69, 9.17) is 19.3 Å². The minimum absolute atomic E-state index is 0.210. The van der Waals surface area contributed by atoms with Crippen LogP contribution in [-0.4, -0.2) is 32.9 Å². The maximum Gasteiger partial charge on any atom is 0.258 e. The summed E-state index contributed by atoms with van der Waals surface area (Å²) in [4.78, 5) is 13.9. The molecule has 40 heavy (non-hydrogen) atoms. The average molecular weight is 529 g/mol. The van der Waals surface area contributed by atoms with Crippen LogP contribution in [0.25, 0.3) is 45.7 Å². The van der Waals surface area contributed by atoms with Gasteiger partial charge in [0.15, 0.2) is 0 Å². The fourth-order valence-corrected chi connectivity index (χ4v) is 3.75. The minimum atomic E-state index is -0.210. The number of aromatic nitrogens is 4. The standard InChI is InChI=1S/C24H16N6O3.C7H8/c1-26-31-20(25)17-12-18(23-27-21(29-32-23)15-8-4-2-5-9-15)14-19(13-17)24-28-22(30-33-24)16-10-6-3-7-11-16;1-7-5-3-2-4-6-7/h2-14,25H,1H2;2-6H,1H3. The quantitative estimate of drug-likeness (QED) is 0.139. The Morgan fingerprint density at radius 3 is 1.52 bits per heavy atom. The van der Waals surface area contributed by atoms with Crippen molar-refractivity contribution >= 4 is 12.6 Å². The third-order valence-corrected chi connectivity index (χ3v) is 5.70. The fraction of sp³-hybridized carbons (Fsp3) is 0.0323. The monoisotopic (exact) mass is 528 g/mol. The molecule has 1 N–H and O–H groups in total. The lowest BCUT2D eigenvalue weighted by atomic mass is 10.0. The summed E-state index contributed by atoms with van der Waals surface area (Å²) >= 11 is 0. The van der Waals surface area contributed by atoms with Gasteiger partial charge in [0.05, 0.1) is 0 Å². The van der Waals surface area contributed by atoms with E-state index in [9.17, 15) is 0 Å². The summed E-state index contributed by atoms with van der Waals surface area (Å²) in [6, 6.07) is 34.3. The van der Waals surface area contributed by atoms with Gasteiger partial charge in [-0.15, -0.1) is 0 Å². The van der Waals surface area contributed by atoms with Crippen LogP contribution in [0.3, 0.4) is 0 Å². The Kier molecular flexibility index (Phi) is 7.93. The molecule has 0 saturated heterocycles. The summed E-state index contributed by atoms with van der Waals surface area (Å²) in [6.45, 7) is 5.35. The number of nitrogens with one attached hydrogen (secondary N) is 1. The lowest BCUT2D eigenvalue weighted by molar-refractivity contribution is 0.330. The molecule has 6 aromatic rings. The van der Waals surface area contributed by atoms with Crippen LogP contribution in [-0.2, 0) is 4.84 Å². The first kappa shape index (κ1) is 25.9. The fourth-order valence-electron chi connectivity index (χ4n) is 3.75. The maximum atomic E-state index is 8.14. The van der Waals surface area contributed by atoms with Gasteiger partial charge >= 0.3 is 0 Å². The van der Waals surface area contributed by atoms with Gasteiger partial charge in [0.1, 0.15) is 0 Å². The molecule has 0 atom stereocenters. The molecule has 6 rings (SSSR count). The number of oxime groups is 1. The van der Waals surface area contributed by atoms with Crippen molar-refractivity contribution in [3.8, 4) is 45.7 Å². The zero-order valence-corrected chi connectivity index (χ0v) is 21.6. The lowest BCUT2D eigenvalue weighted by Gasteiger charge is -2.05. The third-order valence-electron chi connectivity index (χ3n) is 5.70. The molecule has 0 amide bonds. The van der Waals surface area contributed by atoms with Gasteiger partial charge in [0.25, 0.3) is 11.8 Å². The Morgan fingerprint density at radius 1 is 0.675 bits per heavy atom. The molecule has 0 saturated carbocycles. The zero-order valence-electron chi connectivity index (χ0n) is 21.6. The largest absolute Gasteiger partial charge is 0.337 e. The normalized spacial score (nSPS) is 10.3. The second kappa shape index (κ2) is 12.2. The van der Waals surface area contributed by atoms with Crippen LogP contribution in [0.2, 0.25) is 0 Å². The van der Waals surface area contributed by atoms with Gasteiger partial charge in [-0.1, -0.05) is 112 Å². The molecule has 0 radical (unpaired) electrons. The van der Waals surface area contributed by atoms with E-state index in [1.165, 1.54) is 5.56 Å². The highest BCUT2D eigenvalue weighted by molar-refractivity contribution is 5.94. The summed E-state index contributed by atoms with van der Waals surface area (Å²) in [5, 5.41) is 19.6. The zero-order chi connectivity index (χ0) is 27.7. The van der Waals surface area contributed by atoms with Crippen LogP contribution in [0.1, 0.15) is 11.1 Å². The molecular weight excluding hydrogens is 504 g/mol. The van der Waals surface area contributed by atoms with Gasteiger partial charge in [0, 0.05) is 34.5 Å². The van der Waals surface area contributed by atoms with Crippen LogP contribution < -0.4 is 0 Å². The first-order valence-electron chi connectivity index (χ1n) is 12.3. The van der Waals surface area contributed by atoms with E-state index in [2.05, 4.69) is 51.2 Å². The van der Waals surface area contributed by atoms with Crippen LogP contribution in [0.4, 0.5) is 0 Å². The van der Waals surface area contributed by atoms with E-state index < -0.39 is 0 Å². The van der Waals surface area contributed by atoms with Crippen molar-refractivity contribution in [3.63, 3.8) is 0 Å². The molecule has 2 aromatic heterocycles. The molecule has 9 nitrogen and oxygen atoms in total. The van der Waals surface area contributed by atoms with E-state index in [0.717, 1.165) is 11.1 Å². The van der Waals surface area contributed by atoms with Crippen molar-refractivity contribution in [1.82, 2.24) is 20.3 Å². The van der Waals surface area contributed by atoms with Crippen LogP contribution in [0.15, 0.2) is 123 Å². The van der Waals surface area contributed by atoms with Crippen LogP contribution in [0, 0.1) is 12.3 Å². The van der Waals surface area contributed by atoms with E-state index in [0.29, 0.717) is 28.3 Å². The summed E-state index contributed by atoms with van der Waals surface area (Å²) < 4.78 is 11.0. The Morgan fingerprint density at radius 2 is 1.12 bits per heavy atom. The molecule has 196 valence electrons. The number of rotatable bonds is 6. The smallest absolute Gasteiger partial charge is 0.258 e. The number of hydrogen-bond donors (Lipinski definition) is 1. The van der Waals surface area contributed by atoms with Crippen LogP contribution in [0.5, 0.6) is 0 Å². The van der Waals surface area contributed by atoms with Crippen molar-refractivity contribution in [2.45, 2.75) is 6.92 Å². The third kappa shape index (κ3) is 6.22. The van der Waals surface area contributed by atoms with E-state index in [-0.39, 0.29) is 17.7 Å². The second-order valence-corrected chi connectivity index (χ2v) is 8.58. The van der Waals surface area contributed by atoms with Crippen molar-refractivity contribution in [1.29, 1.82) is 5.41 Å². The Hall–Kier alpha value is -5.70. The molecule has 0 unspecified atom stereocenters. The minimum Gasteiger partial charge on any atom is -0.337 e. The number of nitrogens with zero attached hydrogens (tertiary/aromatic N) is 5. The Labute approximate surface area is 230 Å². The molecular formula is C31H24N6O3. The highest BCUT2D eigenvalue weighted by Crippen LogP contribution is 2.30. The van der Waals surface area contributed by atoms with Crippen molar-refractivity contribution < 1.29 is 13.9 Å². The molecule has 0 aliphatic rings. The second-order valence-electron chi connectivity index (χ2n) is 8.58. The lowest BCUT2D eigenvalue weighted by Crippen LogP contribution is -2.01. The molecule has 4 aromatic carbocycles. The predicted octanol–water partition coefficient (Wildman–Crippen LogP) is 7.07. The molecule has 9 heteroatoms. The Balaban J connectivity index is 0.000000403. The molecule has 2 heterocycles. The molecule has 0 spiro atoms. The predicted molar refractivity (Wildman–Crippen MR) is 153 cm³/mol. The molecule has 0 bridgehead atoms. The molecule has 0 aliphatic heterocycles. The summed E-state index contributed by atoms with van der Waals surface area (Å²) in [5.74, 6) is 1.21. The number of hydrogen-bond acceptors (Lipinski definition) is 9. The Bertz CT molecular complexity index is 1620. The summed E-state index contributed by atoms with van der Waals surface area (Å²) in [6.07, 6.45) is 0. The van der Waals surface area contributed by atoms with Gasteiger partial charge in [-0.2, -0.15) is 9.97 Å². The van der Waals surface area contributed by atoms with Gasteiger partial charge in [-0.05, 0) is 25.1 Å². The highest BCUT2D eigenvalue weighted by atomic mass is 16.6. The van der Waals surface area contributed by atoms with Gasteiger partial charge in [0.2, 0.25) is 17.5 Å². The first-order valence-corrected chi connectivity index (χ1v) is 12.3. The average Bonchev–Trinajstić information content (AvgIpc) is 3.70. The molecule has 0 aliphatic carbocycles. The summed E-state index contributed by atoms with van der Waals surface area (Å²) in [7, 11) is 0. The van der Waals surface area contributed by atoms with Gasteiger partial charge in [-0.3, -0.25) is 5.41 Å². The number of benzene rings is 4. The SMILES string of the molecule is C=NOC(=N)c1cc(-c2nc(-c3ccccc3)no2)cc(-c2nc(-c3ccccc3)no2)c1.Cc1ccccc1. The van der Waals surface area contributed by atoms with E-state index in [1.54, 1.807) is 18.2 Å². The van der Waals surface area contributed by atoms with Crippen molar-refractivity contribution in [3.05, 3.63) is 120 Å². The van der Waals surface area contributed by atoms with Crippen molar-refractivity contribution in [2.75, 3.05) is 0 Å². The van der Waals surface area contributed by atoms with Crippen molar-refractivity contribution in [2.24, 2.45) is 5.16 Å². The molecule has 0 fully saturated rings. The van der Waals surface area contributed by atoms with Gasteiger partial charge in [-0.25, -0.2) is 0 Å². The van der Waals surface area contributed by atoms with E-state index in [1.807, 2.05) is 78.9 Å². The topological polar surface area (TPSA) is 123 Å². The van der Waals surface area contributed by atoms with Crippen LogP contribution >= 0.6 is 0 Å². The summed E-state index contributed by atoms with van der Waals surface area (Å²) in [5.41, 5.74) is 4.46.